The summed E-state index contributed by atoms with van der Waals surface area (Å²) in [5, 5.41) is 15.6. The predicted octanol–water partition coefficient (Wildman–Crippen LogP) is 6.01. The van der Waals surface area contributed by atoms with Gasteiger partial charge in [0.1, 0.15) is 11.5 Å². The molecule has 4 N–H and O–H groups in total. The minimum atomic E-state index is -0.295. The van der Waals surface area contributed by atoms with E-state index < -0.39 is 0 Å². The molecule has 0 bridgehead atoms. The van der Waals surface area contributed by atoms with Crippen molar-refractivity contribution in [1.82, 2.24) is 35.5 Å². The van der Waals surface area contributed by atoms with Crippen LogP contribution in [0.4, 0.5) is 10.1 Å². The number of piperidine rings is 1. The summed E-state index contributed by atoms with van der Waals surface area (Å²) in [6, 6.07) is 12.7. The summed E-state index contributed by atoms with van der Waals surface area (Å²) in [7, 11) is 0. The summed E-state index contributed by atoms with van der Waals surface area (Å²) in [5.74, 6) is 0.118. The van der Waals surface area contributed by atoms with Gasteiger partial charge in [-0.3, -0.25) is 19.9 Å². The summed E-state index contributed by atoms with van der Waals surface area (Å²) < 4.78 is 14.2. The molecule has 1 fully saturated rings. The van der Waals surface area contributed by atoms with Gasteiger partial charge in [0.15, 0.2) is 5.65 Å². The van der Waals surface area contributed by atoms with E-state index in [1.807, 2.05) is 37.3 Å². The van der Waals surface area contributed by atoms with Crippen LogP contribution in [0.3, 0.4) is 0 Å². The van der Waals surface area contributed by atoms with Gasteiger partial charge in [-0.15, -0.1) is 0 Å². The van der Waals surface area contributed by atoms with E-state index in [1.165, 1.54) is 12.1 Å². The van der Waals surface area contributed by atoms with Gasteiger partial charge >= 0.3 is 0 Å². The largest absolute Gasteiger partial charge is 0.353 e. The Morgan fingerprint density at radius 3 is 2.67 bits per heavy atom. The molecule has 5 aromatic heterocycles. The molecule has 0 atom stereocenters. The minimum absolute atomic E-state index is 0.00706. The molecule has 1 aliphatic rings. The molecule has 0 saturated carbocycles. The number of pyridine rings is 3. The number of anilines is 1. The van der Waals surface area contributed by atoms with Gasteiger partial charge in [0.25, 0.3) is 0 Å². The third-order valence-electron chi connectivity index (χ3n) is 7.82. The van der Waals surface area contributed by atoms with Crippen molar-refractivity contribution in [1.29, 1.82) is 0 Å². The second kappa shape index (κ2) is 10.8. The lowest BCUT2D eigenvalue weighted by atomic mass is 9.94. The van der Waals surface area contributed by atoms with Crippen LogP contribution >= 0.6 is 0 Å². The molecule has 1 aromatic carbocycles. The second-order valence-electron chi connectivity index (χ2n) is 10.9. The minimum Gasteiger partial charge on any atom is -0.353 e. The Bertz CT molecular complexity index is 1920. The molecule has 6 heterocycles. The van der Waals surface area contributed by atoms with Crippen molar-refractivity contribution in [3.05, 3.63) is 78.6 Å². The van der Waals surface area contributed by atoms with E-state index in [1.54, 1.807) is 24.8 Å². The molecule has 10 heteroatoms. The highest BCUT2D eigenvalue weighted by atomic mass is 19.1. The first-order chi connectivity index (χ1) is 20.5. The van der Waals surface area contributed by atoms with E-state index in [2.05, 4.69) is 40.8 Å². The van der Waals surface area contributed by atoms with E-state index in [0.717, 1.165) is 70.2 Å². The maximum absolute atomic E-state index is 14.2. The number of aryl methyl sites for hydroxylation is 1. The van der Waals surface area contributed by atoms with Gasteiger partial charge < -0.3 is 15.6 Å². The van der Waals surface area contributed by atoms with Gasteiger partial charge in [0, 0.05) is 58.0 Å². The first-order valence-electron chi connectivity index (χ1n) is 14.1. The number of amides is 1. The Morgan fingerprint density at radius 1 is 0.952 bits per heavy atom. The molecule has 1 amide bonds. The molecule has 42 heavy (non-hydrogen) atoms. The standard InChI is InChI=1S/C32H29FN8O/c1-18-8-20(11-23(33)9-18)30-25-14-28(39-27(25)4-7-36-30)31-26-13-22(16-37-32(26)41-40-31)21-12-24(17-35-15-21)38-29(42)10-19-2-5-34-6-3-19/h4,7-9,11-17,19,34,39H,2-3,5-6,10H2,1H3,(H,38,42)(H,37,40,41). The van der Waals surface area contributed by atoms with Crippen molar-refractivity contribution in [2.45, 2.75) is 26.2 Å². The lowest BCUT2D eigenvalue weighted by Crippen LogP contribution is -2.30. The number of carbonyl (C=O) groups is 1. The number of aromatic nitrogens is 6. The van der Waals surface area contributed by atoms with Gasteiger partial charge in [-0.1, -0.05) is 0 Å². The van der Waals surface area contributed by atoms with E-state index in [0.29, 0.717) is 35.1 Å². The van der Waals surface area contributed by atoms with Gasteiger partial charge in [-0.05, 0) is 86.8 Å². The molecule has 210 valence electrons. The summed E-state index contributed by atoms with van der Waals surface area (Å²) in [6.45, 7) is 3.79. The predicted molar refractivity (Wildman–Crippen MR) is 161 cm³/mol. The molecule has 6 aromatic rings. The number of carbonyl (C=O) groups excluding carboxylic acids is 1. The maximum Gasteiger partial charge on any atom is 0.224 e. The Labute approximate surface area is 241 Å². The first kappa shape index (κ1) is 26.0. The fourth-order valence-corrected chi connectivity index (χ4v) is 5.78. The lowest BCUT2D eigenvalue weighted by Gasteiger charge is -2.21. The van der Waals surface area contributed by atoms with Crippen LogP contribution in [0.15, 0.2) is 67.3 Å². The Morgan fingerprint density at radius 2 is 1.81 bits per heavy atom. The monoisotopic (exact) mass is 560 g/mol. The zero-order valence-corrected chi connectivity index (χ0v) is 23.0. The highest BCUT2D eigenvalue weighted by molar-refractivity contribution is 6.00. The van der Waals surface area contributed by atoms with E-state index >= 15 is 0 Å². The summed E-state index contributed by atoms with van der Waals surface area (Å²) >= 11 is 0. The molecule has 1 saturated heterocycles. The number of halogens is 1. The van der Waals surface area contributed by atoms with E-state index in [4.69, 9.17) is 0 Å². The third kappa shape index (κ3) is 5.12. The van der Waals surface area contributed by atoms with Crippen LogP contribution in [0.25, 0.3) is 55.7 Å². The van der Waals surface area contributed by atoms with Crippen LogP contribution in [0.2, 0.25) is 0 Å². The number of benzene rings is 1. The van der Waals surface area contributed by atoms with Crippen LogP contribution in [-0.2, 0) is 4.79 Å². The van der Waals surface area contributed by atoms with Crippen molar-refractivity contribution < 1.29 is 9.18 Å². The molecule has 0 unspecified atom stereocenters. The molecule has 9 nitrogen and oxygen atoms in total. The summed E-state index contributed by atoms with van der Waals surface area (Å²) in [4.78, 5) is 29.7. The van der Waals surface area contributed by atoms with Crippen LogP contribution in [-0.4, -0.2) is 49.1 Å². The zero-order valence-electron chi connectivity index (χ0n) is 23.0. The molecule has 7 rings (SSSR count). The first-order valence-corrected chi connectivity index (χ1v) is 14.1. The zero-order chi connectivity index (χ0) is 28.6. The van der Waals surface area contributed by atoms with Crippen molar-refractivity contribution >= 4 is 33.5 Å². The van der Waals surface area contributed by atoms with Crippen LogP contribution in [0.1, 0.15) is 24.8 Å². The van der Waals surface area contributed by atoms with Crippen molar-refractivity contribution in [3.8, 4) is 33.8 Å². The highest BCUT2D eigenvalue weighted by Gasteiger charge is 2.18. The van der Waals surface area contributed by atoms with Crippen LogP contribution in [0.5, 0.6) is 0 Å². The molecule has 1 aliphatic heterocycles. The SMILES string of the molecule is Cc1cc(F)cc(-c2nccc3[nH]c(-c4n[nH]c5ncc(-c6cncc(NC(=O)CC7CCNCC7)c6)cc45)cc23)c1. The third-order valence-corrected chi connectivity index (χ3v) is 7.82. The number of fused-ring (bicyclic) bond motifs is 2. The Kier molecular flexibility index (Phi) is 6.67. The highest BCUT2D eigenvalue weighted by Crippen LogP contribution is 2.34. The number of nitrogens with zero attached hydrogens (tertiary/aromatic N) is 4. The van der Waals surface area contributed by atoms with Gasteiger partial charge in [-0.2, -0.15) is 5.10 Å². The normalized spacial score (nSPS) is 14.0. The number of rotatable bonds is 6. The molecule has 0 spiro atoms. The lowest BCUT2D eigenvalue weighted by molar-refractivity contribution is -0.117. The molecular weight excluding hydrogens is 531 g/mol. The smallest absolute Gasteiger partial charge is 0.224 e. The quantitative estimate of drug-likeness (QED) is 0.198. The fourth-order valence-electron chi connectivity index (χ4n) is 5.78. The number of hydrogen-bond acceptors (Lipinski definition) is 6. The van der Waals surface area contributed by atoms with Crippen LogP contribution in [0, 0.1) is 18.7 Å². The van der Waals surface area contributed by atoms with Gasteiger partial charge in [-0.25, -0.2) is 9.37 Å². The van der Waals surface area contributed by atoms with Crippen molar-refractivity contribution in [3.63, 3.8) is 0 Å². The number of aromatic amines is 2. The molecular formula is C32H29FN8O. The number of nitrogens with one attached hydrogen (secondary N) is 4. The maximum atomic E-state index is 14.2. The summed E-state index contributed by atoms with van der Waals surface area (Å²) in [6.07, 6.45) is 9.44. The second-order valence-corrected chi connectivity index (χ2v) is 10.9. The van der Waals surface area contributed by atoms with E-state index in [9.17, 15) is 9.18 Å². The Hall–Kier alpha value is -4.96. The van der Waals surface area contributed by atoms with Crippen molar-refractivity contribution in [2.75, 3.05) is 18.4 Å². The summed E-state index contributed by atoms with van der Waals surface area (Å²) in [5.41, 5.74) is 7.59. The molecule has 0 aliphatic carbocycles. The Balaban J connectivity index is 1.20. The average molecular weight is 561 g/mol. The average Bonchev–Trinajstić information content (AvgIpc) is 3.61. The van der Waals surface area contributed by atoms with E-state index in [-0.39, 0.29) is 11.7 Å². The van der Waals surface area contributed by atoms with Gasteiger partial charge in [0.05, 0.1) is 23.3 Å². The molecule has 0 radical (unpaired) electrons. The van der Waals surface area contributed by atoms with Crippen LogP contribution < -0.4 is 10.6 Å². The number of H-pyrrole nitrogens is 2. The fraction of sp³-hybridized carbons (Fsp3) is 0.219. The topological polar surface area (TPSA) is 124 Å². The van der Waals surface area contributed by atoms with Crippen molar-refractivity contribution in [2.24, 2.45) is 5.92 Å². The van der Waals surface area contributed by atoms with Gasteiger partial charge in [0.2, 0.25) is 5.91 Å². The number of hydrogen-bond donors (Lipinski definition) is 4.